The molecule has 1 aromatic carbocycles. The molecule has 0 saturated heterocycles. The number of fused-ring (bicyclic) bond motifs is 3. The van der Waals surface area contributed by atoms with E-state index in [1.807, 2.05) is 6.07 Å². The van der Waals surface area contributed by atoms with Gasteiger partial charge in [-0.2, -0.15) is 5.26 Å². The van der Waals surface area contributed by atoms with Crippen LogP contribution in [0.4, 0.5) is 4.39 Å². The van der Waals surface area contributed by atoms with E-state index < -0.39 is 5.82 Å². The molecule has 0 unspecified atom stereocenters. The first-order valence-corrected chi connectivity index (χ1v) is 10.2. The second kappa shape index (κ2) is 6.86. The minimum Gasteiger partial charge on any atom is -0.268 e. The quantitative estimate of drug-likeness (QED) is 0.497. The molecule has 26 heavy (non-hydrogen) atoms. The number of aromatic nitrogens is 2. The Kier molecular flexibility index (Phi) is 4.55. The summed E-state index contributed by atoms with van der Waals surface area (Å²) >= 11 is 2.72. The van der Waals surface area contributed by atoms with Crippen LogP contribution in [0.15, 0.2) is 34.2 Å². The van der Waals surface area contributed by atoms with Gasteiger partial charge in [0.25, 0.3) is 5.56 Å². The molecule has 3 aromatic rings. The van der Waals surface area contributed by atoms with Crippen LogP contribution >= 0.6 is 23.1 Å². The number of benzene rings is 1. The molecule has 0 bridgehead atoms. The number of thiophene rings is 1. The van der Waals surface area contributed by atoms with Crippen molar-refractivity contribution in [3.8, 4) is 11.8 Å². The number of aryl methyl sites for hydroxylation is 1. The lowest BCUT2D eigenvalue weighted by Gasteiger charge is -2.17. The molecule has 0 spiro atoms. The van der Waals surface area contributed by atoms with Gasteiger partial charge < -0.3 is 0 Å². The third kappa shape index (κ3) is 2.83. The Bertz CT molecular complexity index is 1100. The summed E-state index contributed by atoms with van der Waals surface area (Å²) in [5, 5.41) is 9.90. The van der Waals surface area contributed by atoms with Crippen molar-refractivity contribution in [2.45, 2.75) is 31.3 Å². The molecule has 2 heterocycles. The van der Waals surface area contributed by atoms with Gasteiger partial charge in [-0.15, -0.1) is 11.3 Å². The predicted octanol–water partition coefficient (Wildman–Crippen LogP) is 4.33. The summed E-state index contributed by atoms with van der Waals surface area (Å²) < 4.78 is 15.7. The molecule has 4 rings (SSSR count). The number of nitrogens with zero attached hydrogens (tertiary/aromatic N) is 3. The van der Waals surface area contributed by atoms with Crippen LogP contribution in [0.2, 0.25) is 0 Å². The molecule has 4 nitrogen and oxygen atoms in total. The van der Waals surface area contributed by atoms with Crippen molar-refractivity contribution in [2.75, 3.05) is 5.75 Å². The summed E-state index contributed by atoms with van der Waals surface area (Å²) in [5.41, 5.74) is 1.01. The lowest BCUT2D eigenvalue weighted by Crippen LogP contribution is -2.23. The van der Waals surface area contributed by atoms with Crippen molar-refractivity contribution in [1.29, 1.82) is 5.26 Å². The van der Waals surface area contributed by atoms with Crippen molar-refractivity contribution in [3.05, 3.63) is 50.9 Å². The Morgan fingerprint density at radius 3 is 3.04 bits per heavy atom. The lowest BCUT2D eigenvalue weighted by atomic mass is 9.89. The standard InChI is InChI=1S/C19H16FN3OS2/c1-11-6-7-12-15(10-11)26-17-16(12)18(24)23(19(22-17)25-9-8-21)14-5-3-2-4-13(14)20/h2-5,11H,6-7,9-10H2,1H3/t11-/m1/s1. The fraction of sp³-hybridized carbons (Fsp3) is 0.316. The van der Waals surface area contributed by atoms with E-state index in [2.05, 4.69) is 11.9 Å². The van der Waals surface area contributed by atoms with Crippen LogP contribution in [-0.4, -0.2) is 15.3 Å². The molecule has 1 aliphatic carbocycles. The van der Waals surface area contributed by atoms with Crippen LogP contribution in [0, 0.1) is 23.1 Å². The largest absolute Gasteiger partial charge is 0.268 e. The minimum atomic E-state index is -0.479. The van der Waals surface area contributed by atoms with Gasteiger partial charge in [0.1, 0.15) is 10.6 Å². The molecular weight excluding hydrogens is 369 g/mol. The maximum Gasteiger partial charge on any atom is 0.267 e. The number of hydrogen-bond acceptors (Lipinski definition) is 5. The van der Waals surface area contributed by atoms with E-state index in [1.165, 1.54) is 15.5 Å². The molecule has 0 N–H and O–H groups in total. The van der Waals surface area contributed by atoms with Crippen LogP contribution in [0.5, 0.6) is 0 Å². The van der Waals surface area contributed by atoms with Crippen molar-refractivity contribution >= 4 is 33.3 Å². The zero-order chi connectivity index (χ0) is 18.3. The number of hydrogen-bond donors (Lipinski definition) is 0. The summed E-state index contributed by atoms with van der Waals surface area (Å²) in [6, 6.07) is 8.23. The Morgan fingerprint density at radius 2 is 2.27 bits per heavy atom. The summed E-state index contributed by atoms with van der Waals surface area (Å²) in [6.45, 7) is 2.21. The minimum absolute atomic E-state index is 0.147. The van der Waals surface area contributed by atoms with Gasteiger partial charge in [0.15, 0.2) is 5.16 Å². The average Bonchev–Trinajstić information content (AvgIpc) is 2.98. The van der Waals surface area contributed by atoms with Gasteiger partial charge in [-0.05, 0) is 42.9 Å². The highest BCUT2D eigenvalue weighted by Gasteiger charge is 2.25. The third-order valence-corrected chi connectivity index (χ3v) is 6.61. The van der Waals surface area contributed by atoms with Crippen LogP contribution < -0.4 is 5.56 Å². The SMILES string of the molecule is C[C@@H]1CCc2c(sc3nc(SCC#N)n(-c4ccccc4F)c(=O)c23)C1. The summed E-state index contributed by atoms with van der Waals surface area (Å²) in [4.78, 5) is 19.9. The van der Waals surface area contributed by atoms with Crippen molar-refractivity contribution in [3.63, 3.8) is 0 Å². The Balaban J connectivity index is 2.02. The third-order valence-electron chi connectivity index (χ3n) is 4.66. The molecule has 7 heteroatoms. The number of nitriles is 1. The lowest BCUT2D eigenvalue weighted by molar-refractivity contribution is 0.509. The van der Waals surface area contributed by atoms with E-state index in [0.717, 1.165) is 36.6 Å². The normalized spacial score (nSPS) is 16.4. The molecule has 0 saturated carbocycles. The molecule has 0 aliphatic heterocycles. The highest BCUT2D eigenvalue weighted by atomic mass is 32.2. The van der Waals surface area contributed by atoms with Gasteiger partial charge >= 0.3 is 0 Å². The number of rotatable bonds is 3. The van der Waals surface area contributed by atoms with E-state index in [9.17, 15) is 9.18 Å². The summed E-state index contributed by atoms with van der Waals surface area (Å²) in [7, 11) is 0. The van der Waals surface area contributed by atoms with Gasteiger partial charge in [0.2, 0.25) is 0 Å². The highest BCUT2D eigenvalue weighted by molar-refractivity contribution is 7.99. The smallest absolute Gasteiger partial charge is 0.267 e. The van der Waals surface area contributed by atoms with Gasteiger partial charge in [0.05, 0.1) is 22.9 Å². The topological polar surface area (TPSA) is 58.7 Å². The second-order valence-corrected chi connectivity index (χ2v) is 8.49. The molecule has 0 fully saturated rings. The first kappa shape index (κ1) is 17.3. The molecule has 132 valence electrons. The van der Waals surface area contributed by atoms with E-state index in [-0.39, 0.29) is 17.0 Å². The molecular formula is C19H16FN3OS2. The average molecular weight is 385 g/mol. The first-order valence-electron chi connectivity index (χ1n) is 8.42. The van der Waals surface area contributed by atoms with Gasteiger partial charge in [-0.1, -0.05) is 30.8 Å². The van der Waals surface area contributed by atoms with Gasteiger partial charge in [0, 0.05) is 4.88 Å². The van der Waals surface area contributed by atoms with Crippen LogP contribution in [-0.2, 0) is 12.8 Å². The Labute approximate surface area is 158 Å². The molecule has 1 aliphatic rings. The fourth-order valence-electron chi connectivity index (χ4n) is 3.41. The number of halogens is 1. The zero-order valence-corrected chi connectivity index (χ0v) is 15.8. The second-order valence-electron chi connectivity index (χ2n) is 6.47. The van der Waals surface area contributed by atoms with Crippen molar-refractivity contribution < 1.29 is 4.39 Å². The van der Waals surface area contributed by atoms with E-state index >= 15 is 0 Å². The van der Waals surface area contributed by atoms with Gasteiger partial charge in [-0.3, -0.25) is 9.36 Å². The molecule has 1 atom stereocenters. The number of thioether (sulfide) groups is 1. The summed E-state index contributed by atoms with van der Waals surface area (Å²) in [6.07, 6.45) is 2.86. The Hall–Kier alpha value is -2.17. The fourth-order valence-corrected chi connectivity index (χ4v) is 5.50. The van der Waals surface area contributed by atoms with Crippen molar-refractivity contribution in [1.82, 2.24) is 9.55 Å². The molecule has 2 aromatic heterocycles. The predicted molar refractivity (Wildman–Crippen MR) is 103 cm³/mol. The Morgan fingerprint density at radius 1 is 1.46 bits per heavy atom. The summed E-state index contributed by atoms with van der Waals surface area (Å²) in [5.74, 6) is 0.262. The van der Waals surface area contributed by atoms with Crippen molar-refractivity contribution in [2.24, 2.45) is 5.92 Å². The zero-order valence-electron chi connectivity index (χ0n) is 14.2. The monoisotopic (exact) mass is 385 g/mol. The van der Waals surface area contributed by atoms with E-state index in [0.29, 0.717) is 21.3 Å². The maximum atomic E-state index is 14.4. The van der Waals surface area contributed by atoms with Crippen LogP contribution in [0.3, 0.4) is 0 Å². The highest BCUT2D eigenvalue weighted by Crippen LogP contribution is 2.37. The van der Waals surface area contributed by atoms with Gasteiger partial charge in [-0.25, -0.2) is 9.37 Å². The van der Waals surface area contributed by atoms with E-state index in [1.54, 1.807) is 29.5 Å². The van der Waals surface area contributed by atoms with E-state index in [4.69, 9.17) is 5.26 Å². The first-order chi connectivity index (χ1) is 12.6. The molecule has 0 radical (unpaired) electrons. The van der Waals surface area contributed by atoms with Crippen LogP contribution in [0.25, 0.3) is 15.9 Å². The maximum absolute atomic E-state index is 14.4. The number of para-hydroxylation sites is 1. The molecule has 0 amide bonds. The van der Waals surface area contributed by atoms with Crippen LogP contribution in [0.1, 0.15) is 23.8 Å².